The van der Waals surface area contributed by atoms with Crippen molar-refractivity contribution in [3.63, 3.8) is 0 Å². The first kappa shape index (κ1) is 35.0. The third kappa shape index (κ3) is 11.5. The highest BCUT2D eigenvalue weighted by atomic mass is 16.6. The van der Waals surface area contributed by atoms with E-state index >= 15 is 0 Å². The topological polar surface area (TPSA) is 161 Å². The minimum atomic E-state index is -1.24. The summed E-state index contributed by atoms with van der Waals surface area (Å²) in [5, 5.41) is 10.7. The van der Waals surface area contributed by atoms with Gasteiger partial charge in [-0.3, -0.25) is 14.4 Å². The molecule has 0 radical (unpaired) electrons. The van der Waals surface area contributed by atoms with Crippen LogP contribution in [0, 0.1) is 5.92 Å². The maximum Gasteiger partial charge on any atom is 0.408 e. The van der Waals surface area contributed by atoms with E-state index in [1.165, 1.54) is 7.11 Å². The fourth-order valence-electron chi connectivity index (χ4n) is 5.02. The van der Waals surface area contributed by atoms with E-state index < -0.39 is 59.6 Å². The third-order valence-corrected chi connectivity index (χ3v) is 7.18. The Kier molecular flexibility index (Phi) is 12.9. The number of carbonyl (C=O) groups excluding carboxylic acids is 5. The number of hydrogen-bond donors (Lipinski definition) is 4. The molecule has 0 aromatic heterocycles. The van der Waals surface area contributed by atoms with E-state index in [1.807, 2.05) is 45.0 Å². The van der Waals surface area contributed by atoms with Crippen LogP contribution >= 0.6 is 0 Å². The number of benzene rings is 2. The van der Waals surface area contributed by atoms with Gasteiger partial charge in [0.05, 0.1) is 18.8 Å². The lowest BCUT2D eigenvalue weighted by Crippen LogP contribution is -2.59. The van der Waals surface area contributed by atoms with Crippen LogP contribution in [-0.4, -0.2) is 73.3 Å². The van der Waals surface area contributed by atoms with Crippen molar-refractivity contribution in [2.45, 2.75) is 83.4 Å². The molecule has 1 fully saturated rings. The summed E-state index contributed by atoms with van der Waals surface area (Å²) in [5.41, 5.74) is 0.852. The monoisotopic (exact) mass is 624 g/mol. The van der Waals surface area contributed by atoms with E-state index in [9.17, 15) is 24.0 Å². The van der Waals surface area contributed by atoms with Gasteiger partial charge in [-0.2, -0.15) is 0 Å². The molecule has 0 aliphatic carbocycles. The van der Waals surface area contributed by atoms with E-state index in [0.29, 0.717) is 13.0 Å². The van der Waals surface area contributed by atoms with Crippen molar-refractivity contribution in [1.82, 2.24) is 21.3 Å². The second-order valence-corrected chi connectivity index (χ2v) is 12.0. The highest BCUT2D eigenvalue weighted by Gasteiger charge is 2.36. The predicted molar refractivity (Wildman–Crippen MR) is 166 cm³/mol. The van der Waals surface area contributed by atoms with Crippen LogP contribution in [0.2, 0.25) is 0 Å². The fourth-order valence-corrected chi connectivity index (χ4v) is 5.02. The summed E-state index contributed by atoms with van der Waals surface area (Å²) < 4.78 is 16.3. The number of carbonyl (C=O) groups is 5. The Balaban J connectivity index is 1.81. The molecule has 244 valence electrons. The highest BCUT2D eigenvalue weighted by Crippen LogP contribution is 2.18. The number of amides is 4. The van der Waals surface area contributed by atoms with Crippen LogP contribution in [0.15, 0.2) is 60.7 Å². The molecule has 12 heteroatoms. The molecule has 1 aliphatic heterocycles. The minimum absolute atomic E-state index is 0.0114. The van der Waals surface area contributed by atoms with Crippen LogP contribution in [0.3, 0.4) is 0 Å². The van der Waals surface area contributed by atoms with Gasteiger partial charge in [-0.05, 0) is 51.7 Å². The largest absolute Gasteiger partial charge is 0.467 e. The second-order valence-electron chi connectivity index (χ2n) is 12.0. The van der Waals surface area contributed by atoms with Crippen molar-refractivity contribution in [1.29, 1.82) is 0 Å². The number of methoxy groups -OCH3 is 1. The third-order valence-electron chi connectivity index (χ3n) is 7.18. The van der Waals surface area contributed by atoms with Crippen LogP contribution in [0.4, 0.5) is 4.79 Å². The van der Waals surface area contributed by atoms with E-state index in [4.69, 9.17) is 14.2 Å². The molecule has 2 aromatic carbocycles. The number of hydrogen-bond acceptors (Lipinski definition) is 8. The van der Waals surface area contributed by atoms with Gasteiger partial charge in [0.15, 0.2) is 0 Å². The Morgan fingerprint density at radius 2 is 1.49 bits per heavy atom. The molecule has 45 heavy (non-hydrogen) atoms. The Bertz CT molecular complexity index is 1300. The zero-order valence-corrected chi connectivity index (χ0v) is 26.5. The SMILES string of the molecule is COC(=O)[C@H](C[C@@H]1CCNC1=O)NC(=O)[C@H](Cc1ccccc1)NC(=O)[C@@H](NC(=O)OCc1ccccc1)[C@@H](C)OC(C)(C)C. The summed E-state index contributed by atoms with van der Waals surface area (Å²) in [5.74, 6) is -2.73. The average Bonchev–Trinajstić information content (AvgIpc) is 3.41. The molecule has 2 aromatic rings. The Morgan fingerprint density at radius 1 is 0.889 bits per heavy atom. The van der Waals surface area contributed by atoms with Gasteiger partial charge in [0, 0.05) is 18.9 Å². The van der Waals surface area contributed by atoms with Crippen molar-refractivity contribution in [2.24, 2.45) is 5.92 Å². The molecule has 1 saturated heterocycles. The van der Waals surface area contributed by atoms with E-state index in [0.717, 1.165) is 11.1 Å². The van der Waals surface area contributed by atoms with Gasteiger partial charge in [0.25, 0.3) is 0 Å². The number of ether oxygens (including phenoxy) is 3. The predicted octanol–water partition coefficient (Wildman–Crippen LogP) is 2.40. The van der Waals surface area contributed by atoms with Crippen molar-refractivity contribution >= 4 is 29.8 Å². The first-order valence-electron chi connectivity index (χ1n) is 15.0. The smallest absolute Gasteiger partial charge is 0.408 e. The van der Waals surface area contributed by atoms with Crippen LogP contribution in [0.1, 0.15) is 51.7 Å². The lowest BCUT2D eigenvalue weighted by atomic mass is 9.97. The van der Waals surface area contributed by atoms with Gasteiger partial charge < -0.3 is 35.5 Å². The number of esters is 1. The second kappa shape index (κ2) is 16.6. The summed E-state index contributed by atoms with van der Waals surface area (Å²) in [6, 6.07) is 14.6. The molecule has 0 saturated carbocycles. The summed E-state index contributed by atoms with van der Waals surface area (Å²) in [4.78, 5) is 65.1. The lowest BCUT2D eigenvalue weighted by molar-refractivity contribution is -0.146. The van der Waals surface area contributed by atoms with Gasteiger partial charge >= 0.3 is 12.1 Å². The summed E-state index contributed by atoms with van der Waals surface area (Å²) in [7, 11) is 1.20. The van der Waals surface area contributed by atoms with Gasteiger partial charge in [-0.15, -0.1) is 0 Å². The highest BCUT2D eigenvalue weighted by molar-refractivity contribution is 5.93. The molecule has 4 N–H and O–H groups in total. The quantitative estimate of drug-likeness (QED) is 0.233. The summed E-state index contributed by atoms with van der Waals surface area (Å²) in [6.07, 6.45) is -1.02. The van der Waals surface area contributed by atoms with Crippen LogP contribution in [0.25, 0.3) is 0 Å². The van der Waals surface area contributed by atoms with Crippen LogP contribution < -0.4 is 21.3 Å². The Labute approximate surface area is 263 Å². The molecule has 1 heterocycles. The van der Waals surface area contributed by atoms with Crippen molar-refractivity contribution in [3.05, 3.63) is 71.8 Å². The maximum absolute atomic E-state index is 13.8. The molecule has 0 bridgehead atoms. The summed E-state index contributed by atoms with van der Waals surface area (Å²) in [6.45, 7) is 7.55. The average molecular weight is 625 g/mol. The zero-order valence-electron chi connectivity index (χ0n) is 26.5. The fraction of sp³-hybridized carbons (Fsp3) is 0.485. The van der Waals surface area contributed by atoms with Crippen molar-refractivity contribution < 1.29 is 38.2 Å². The van der Waals surface area contributed by atoms with Gasteiger partial charge in [-0.25, -0.2) is 9.59 Å². The lowest BCUT2D eigenvalue weighted by Gasteiger charge is -2.31. The molecule has 3 rings (SSSR count). The Morgan fingerprint density at radius 3 is 2.04 bits per heavy atom. The molecular formula is C33H44N4O8. The summed E-state index contributed by atoms with van der Waals surface area (Å²) >= 11 is 0. The van der Waals surface area contributed by atoms with Crippen LogP contribution in [0.5, 0.6) is 0 Å². The van der Waals surface area contributed by atoms with Crippen molar-refractivity contribution in [2.75, 3.05) is 13.7 Å². The first-order chi connectivity index (χ1) is 21.4. The van der Waals surface area contributed by atoms with Gasteiger partial charge in [0.2, 0.25) is 17.7 Å². The number of nitrogens with one attached hydrogen (secondary N) is 4. The minimum Gasteiger partial charge on any atom is -0.467 e. The van der Waals surface area contributed by atoms with Crippen molar-refractivity contribution in [3.8, 4) is 0 Å². The maximum atomic E-state index is 13.8. The molecule has 4 amide bonds. The standard InChI is InChI=1S/C33H44N4O8/c1-21(45-33(2,3)4)27(37-32(42)44-20-23-14-10-7-11-15-23)30(40)35-25(18-22-12-8-6-9-13-22)29(39)36-26(31(41)43-5)19-24-16-17-34-28(24)38/h6-15,21,24-27H,16-20H2,1-5H3,(H,34,38)(H,35,40)(H,36,39)(H,37,42)/t21-,24+,25+,26+,27+/m1/s1. The molecule has 0 unspecified atom stereocenters. The van der Waals surface area contributed by atoms with Gasteiger partial charge in [0.1, 0.15) is 24.7 Å². The number of alkyl carbamates (subject to hydrolysis) is 1. The molecule has 1 aliphatic rings. The molecular weight excluding hydrogens is 580 g/mol. The molecule has 0 spiro atoms. The Hall–Kier alpha value is -4.45. The van der Waals surface area contributed by atoms with Crippen LogP contribution in [-0.2, 0) is 46.4 Å². The molecule has 12 nitrogen and oxygen atoms in total. The van der Waals surface area contributed by atoms with E-state index in [-0.39, 0.29) is 25.4 Å². The van der Waals surface area contributed by atoms with Gasteiger partial charge in [-0.1, -0.05) is 60.7 Å². The van der Waals surface area contributed by atoms with E-state index in [1.54, 1.807) is 43.3 Å². The molecule has 5 atom stereocenters. The normalized spacial score (nSPS) is 17.2. The first-order valence-corrected chi connectivity index (χ1v) is 15.0. The van der Waals surface area contributed by atoms with E-state index in [2.05, 4.69) is 21.3 Å². The zero-order chi connectivity index (χ0) is 33.0. The number of rotatable bonds is 14.